The summed E-state index contributed by atoms with van der Waals surface area (Å²) in [6, 6.07) is 2.93. The summed E-state index contributed by atoms with van der Waals surface area (Å²) in [6.45, 7) is 0. The van der Waals surface area contributed by atoms with E-state index in [-0.39, 0.29) is 22.9 Å². The van der Waals surface area contributed by atoms with Crippen molar-refractivity contribution >= 4 is 16.9 Å². The summed E-state index contributed by atoms with van der Waals surface area (Å²) in [6.07, 6.45) is 0.0175. The topological polar surface area (TPSA) is 83.1 Å². The third-order valence-corrected chi connectivity index (χ3v) is 3.48. The number of carboxylic acid groups (broad SMARTS) is 1. The van der Waals surface area contributed by atoms with Gasteiger partial charge in [-0.3, -0.25) is 4.79 Å². The van der Waals surface area contributed by atoms with Crippen LogP contribution in [0.15, 0.2) is 23.1 Å². The van der Waals surface area contributed by atoms with Gasteiger partial charge in [0.1, 0.15) is 23.6 Å². The number of carboxylic acids is 1. The number of aromatic carboxylic acids is 1. The van der Waals surface area contributed by atoms with E-state index in [1.165, 1.54) is 4.57 Å². The molecule has 2 atom stereocenters. The minimum atomic E-state index is -1.48. The van der Waals surface area contributed by atoms with Crippen LogP contribution >= 0.6 is 0 Å². The number of hydrogen-bond donors (Lipinski definition) is 1. The number of aromatic nitrogens is 1. The van der Waals surface area contributed by atoms with Crippen LogP contribution in [0.4, 0.5) is 8.78 Å². The van der Waals surface area contributed by atoms with Crippen LogP contribution < -0.4 is 5.43 Å². The largest absolute Gasteiger partial charge is 0.477 e. The molecule has 0 bridgehead atoms. The lowest BCUT2D eigenvalue weighted by atomic mass is 10.1. The molecule has 0 saturated heterocycles. The zero-order chi connectivity index (χ0) is 15.3. The smallest absolute Gasteiger partial charge is 0.341 e. The van der Waals surface area contributed by atoms with E-state index in [9.17, 15) is 18.4 Å². The average molecular weight is 290 g/mol. The Morgan fingerprint density at radius 3 is 2.67 bits per heavy atom. The van der Waals surface area contributed by atoms with Crippen LogP contribution in [0, 0.1) is 17.1 Å². The first-order valence-corrected chi connectivity index (χ1v) is 6.10. The summed E-state index contributed by atoms with van der Waals surface area (Å²) in [5.74, 6) is -2.30. The van der Waals surface area contributed by atoms with Gasteiger partial charge in [0.2, 0.25) is 5.43 Å². The van der Waals surface area contributed by atoms with Gasteiger partial charge in [-0.2, -0.15) is 5.26 Å². The van der Waals surface area contributed by atoms with Crippen LogP contribution in [-0.4, -0.2) is 21.8 Å². The van der Waals surface area contributed by atoms with E-state index >= 15 is 0 Å². The first-order chi connectivity index (χ1) is 9.93. The van der Waals surface area contributed by atoms with Gasteiger partial charge >= 0.3 is 5.97 Å². The number of nitrogens with zero attached hydrogens (tertiary/aromatic N) is 2. The molecule has 7 heteroatoms. The molecule has 0 amide bonds. The van der Waals surface area contributed by atoms with Crippen molar-refractivity contribution in [2.45, 2.75) is 18.6 Å². The summed E-state index contributed by atoms with van der Waals surface area (Å²) >= 11 is 0. The van der Waals surface area contributed by atoms with Crippen molar-refractivity contribution in [3.8, 4) is 6.07 Å². The van der Waals surface area contributed by atoms with E-state index in [0.717, 1.165) is 18.3 Å². The monoisotopic (exact) mass is 290 g/mol. The molecule has 1 fully saturated rings. The van der Waals surface area contributed by atoms with Gasteiger partial charge in [-0.25, -0.2) is 13.6 Å². The van der Waals surface area contributed by atoms with E-state index in [4.69, 9.17) is 10.4 Å². The van der Waals surface area contributed by atoms with Gasteiger partial charge in [-0.15, -0.1) is 0 Å². The Balaban J connectivity index is 2.49. The van der Waals surface area contributed by atoms with Crippen LogP contribution in [-0.2, 0) is 0 Å². The lowest BCUT2D eigenvalue weighted by Crippen LogP contribution is -2.19. The van der Waals surface area contributed by atoms with Crippen LogP contribution in [0.2, 0.25) is 0 Å². The van der Waals surface area contributed by atoms with Crippen molar-refractivity contribution in [3.05, 3.63) is 45.5 Å². The Morgan fingerprint density at radius 1 is 1.48 bits per heavy atom. The second-order valence-electron chi connectivity index (χ2n) is 4.86. The van der Waals surface area contributed by atoms with Crippen LogP contribution in [0.3, 0.4) is 0 Å². The quantitative estimate of drug-likeness (QED) is 0.916. The Morgan fingerprint density at radius 2 is 2.14 bits per heavy atom. The fourth-order valence-electron chi connectivity index (χ4n) is 2.40. The maximum atomic E-state index is 13.5. The first kappa shape index (κ1) is 13.2. The number of nitriles is 1. The molecule has 1 saturated carbocycles. The highest BCUT2D eigenvalue weighted by molar-refractivity contribution is 5.94. The molecule has 21 heavy (non-hydrogen) atoms. The third kappa shape index (κ3) is 1.96. The zero-order valence-electron chi connectivity index (χ0n) is 10.5. The van der Waals surface area contributed by atoms with Gasteiger partial charge in [0, 0.05) is 12.6 Å². The van der Waals surface area contributed by atoms with Crippen molar-refractivity contribution in [2.24, 2.45) is 0 Å². The molecule has 0 aliphatic heterocycles. The van der Waals surface area contributed by atoms with Crippen LogP contribution in [0.1, 0.15) is 28.4 Å². The molecule has 1 aliphatic rings. The minimum absolute atomic E-state index is 0.0686. The molecular formula is C14H8F2N2O3. The van der Waals surface area contributed by atoms with Gasteiger partial charge < -0.3 is 9.67 Å². The van der Waals surface area contributed by atoms with Crippen molar-refractivity contribution in [3.63, 3.8) is 0 Å². The Labute approximate surface area is 116 Å². The van der Waals surface area contributed by atoms with E-state index in [0.29, 0.717) is 0 Å². The van der Waals surface area contributed by atoms with E-state index in [1.807, 2.05) is 0 Å². The van der Waals surface area contributed by atoms with Crippen molar-refractivity contribution < 1.29 is 18.7 Å². The number of rotatable bonds is 2. The van der Waals surface area contributed by atoms with Gasteiger partial charge in [0.15, 0.2) is 0 Å². The standard InChI is InChI=1S/C14H8F2N2O3/c15-7-1-6(4-17)12-8(2-7)13(19)9(14(20)21)5-18(12)11-3-10(11)16/h1-2,5,10-11H,3H2,(H,20,21)/t10-,11+/m0/s1. The second kappa shape index (κ2) is 4.38. The molecule has 106 valence electrons. The maximum absolute atomic E-state index is 13.5. The van der Waals surface area contributed by atoms with Crippen molar-refractivity contribution in [1.82, 2.24) is 4.57 Å². The summed E-state index contributed by atoms with van der Waals surface area (Å²) < 4.78 is 28.1. The van der Waals surface area contributed by atoms with Crippen LogP contribution in [0.5, 0.6) is 0 Å². The molecule has 1 heterocycles. The summed E-state index contributed by atoms with van der Waals surface area (Å²) in [5.41, 5.74) is -1.52. The zero-order valence-corrected chi connectivity index (χ0v) is 10.5. The maximum Gasteiger partial charge on any atom is 0.341 e. The van der Waals surface area contributed by atoms with Gasteiger partial charge in [-0.05, 0) is 12.1 Å². The normalized spacial score (nSPS) is 20.2. The van der Waals surface area contributed by atoms with Crippen molar-refractivity contribution in [2.75, 3.05) is 0 Å². The molecule has 0 unspecified atom stereocenters. The molecule has 0 radical (unpaired) electrons. The summed E-state index contributed by atoms with van der Waals surface area (Å²) in [4.78, 5) is 23.2. The summed E-state index contributed by atoms with van der Waals surface area (Å²) in [5, 5.41) is 17.9. The van der Waals surface area contributed by atoms with Crippen molar-refractivity contribution in [1.29, 1.82) is 5.26 Å². The van der Waals surface area contributed by atoms with E-state index in [1.54, 1.807) is 6.07 Å². The van der Waals surface area contributed by atoms with Gasteiger partial charge in [-0.1, -0.05) is 0 Å². The fraction of sp³-hybridized carbons (Fsp3) is 0.214. The fourth-order valence-corrected chi connectivity index (χ4v) is 2.40. The highest BCUT2D eigenvalue weighted by Gasteiger charge is 2.40. The average Bonchev–Trinajstić information content (AvgIpc) is 3.15. The number of fused-ring (bicyclic) bond motifs is 1. The molecule has 5 nitrogen and oxygen atoms in total. The molecular weight excluding hydrogens is 282 g/mol. The Hall–Kier alpha value is -2.75. The molecule has 0 spiro atoms. The summed E-state index contributed by atoms with van der Waals surface area (Å²) in [7, 11) is 0. The number of hydrogen-bond acceptors (Lipinski definition) is 3. The number of halogens is 2. The number of alkyl halides is 1. The lowest BCUT2D eigenvalue weighted by molar-refractivity contribution is 0.0694. The predicted molar refractivity (Wildman–Crippen MR) is 68.4 cm³/mol. The third-order valence-electron chi connectivity index (χ3n) is 3.48. The van der Waals surface area contributed by atoms with Gasteiger partial charge in [0.05, 0.1) is 22.5 Å². The molecule has 1 N–H and O–H groups in total. The first-order valence-electron chi connectivity index (χ1n) is 6.10. The molecule has 2 aromatic rings. The molecule has 1 aromatic heterocycles. The molecule has 3 rings (SSSR count). The molecule has 1 aromatic carbocycles. The van der Waals surface area contributed by atoms with Crippen LogP contribution in [0.25, 0.3) is 10.9 Å². The minimum Gasteiger partial charge on any atom is -0.477 e. The van der Waals surface area contributed by atoms with E-state index < -0.39 is 35.0 Å². The Bertz CT molecular complexity index is 882. The predicted octanol–water partition coefficient (Wildman–Crippen LogP) is 1.99. The van der Waals surface area contributed by atoms with E-state index in [2.05, 4.69) is 0 Å². The lowest BCUT2D eigenvalue weighted by Gasteiger charge is -2.12. The highest BCUT2D eigenvalue weighted by atomic mass is 19.1. The number of benzene rings is 1. The second-order valence-corrected chi connectivity index (χ2v) is 4.86. The highest BCUT2D eigenvalue weighted by Crippen LogP contribution is 2.41. The number of pyridine rings is 1. The Kier molecular flexibility index (Phi) is 2.76. The SMILES string of the molecule is N#Cc1cc(F)cc2c(=O)c(C(=O)O)cn([C@@H]3C[C@@H]3F)c12. The molecule has 1 aliphatic carbocycles. The van der Waals surface area contributed by atoms with Gasteiger partial charge in [0.25, 0.3) is 0 Å². The number of carbonyl (C=O) groups is 1.